The molecule has 2 heterocycles. The second-order valence-corrected chi connectivity index (χ2v) is 5.50. The van der Waals surface area contributed by atoms with Crippen molar-refractivity contribution in [2.45, 2.75) is 61.4 Å². The summed E-state index contributed by atoms with van der Waals surface area (Å²) in [5, 5.41) is 67.0. The Labute approximate surface area is 130 Å². The molecule has 10 atom stereocenters. The summed E-state index contributed by atoms with van der Waals surface area (Å²) >= 11 is 0. The van der Waals surface area contributed by atoms with Crippen molar-refractivity contribution in [3.05, 3.63) is 0 Å². The average Bonchev–Trinajstić information content (AvgIpc) is 2.55. The topological polar surface area (TPSA) is 169 Å². The number of aliphatic hydroxyl groups excluding tert-OH is 7. The Balaban J connectivity index is 2.11. The van der Waals surface area contributed by atoms with Crippen molar-refractivity contribution in [2.75, 3.05) is 13.3 Å². The van der Waals surface area contributed by atoms with Gasteiger partial charge >= 0.3 is 0 Å². The number of aliphatic hydroxyl groups is 7. The van der Waals surface area contributed by atoms with E-state index in [1.165, 1.54) is 0 Å². The Morgan fingerprint density at radius 2 is 1.43 bits per heavy atom. The molecular formula is C12H21FO10. The lowest BCUT2D eigenvalue weighted by atomic mass is 9.97. The zero-order valence-corrected chi connectivity index (χ0v) is 11.9. The first-order valence-corrected chi connectivity index (χ1v) is 7.03. The Morgan fingerprint density at radius 3 is 2.00 bits per heavy atom. The van der Waals surface area contributed by atoms with E-state index < -0.39 is 74.7 Å². The third-order valence-corrected chi connectivity index (χ3v) is 3.95. The molecule has 0 aromatic heterocycles. The van der Waals surface area contributed by atoms with E-state index in [-0.39, 0.29) is 0 Å². The predicted octanol–water partition coefficient (Wildman–Crippen LogP) is -4.42. The summed E-state index contributed by atoms with van der Waals surface area (Å²) in [4.78, 5) is 0. The van der Waals surface area contributed by atoms with E-state index in [1.807, 2.05) is 0 Å². The van der Waals surface area contributed by atoms with Gasteiger partial charge < -0.3 is 50.0 Å². The number of alkyl halides is 1. The largest absolute Gasteiger partial charge is 0.394 e. The van der Waals surface area contributed by atoms with Crippen molar-refractivity contribution in [3.63, 3.8) is 0 Å². The molecule has 0 aromatic carbocycles. The molecule has 2 aliphatic rings. The van der Waals surface area contributed by atoms with E-state index in [4.69, 9.17) is 19.3 Å². The second-order valence-electron chi connectivity index (χ2n) is 5.50. The molecule has 10 unspecified atom stereocenters. The van der Waals surface area contributed by atoms with Crippen molar-refractivity contribution in [3.8, 4) is 0 Å². The first-order chi connectivity index (χ1) is 10.8. The van der Waals surface area contributed by atoms with Gasteiger partial charge in [0.2, 0.25) is 0 Å². The van der Waals surface area contributed by atoms with Crippen LogP contribution in [0.15, 0.2) is 0 Å². The highest BCUT2D eigenvalue weighted by atomic mass is 18.2. The lowest BCUT2D eigenvalue weighted by Crippen LogP contribution is -2.64. The van der Waals surface area contributed by atoms with Crippen molar-refractivity contribution in [1.82, 2.24) is 0 Å². The second kappa shape index (κ2) is 7.61. The number of rotatable bonds is 4. The van der Waals surface area contributed by atoms with Gasteiger partial charge in [-0.15, -0.1) is 0 Å². The summed E-state index contributed by atoms with van der Waals surface area (Å²) in [5.74, 6) is 0. The van der Waals surface area contributed by atoms with Crippen LogP contribution >= 0.6 is 0 Å². The number of ether oxygens (including phenoxy) is 3. The lowest BCUT2D eigenvalue weighted by Gasteiger charge is -2.45. The van der Waals surface area contributed by atoms with Gasteiger partial charge in [-0.05, 0) is 0 Å². The Kier molecular flexibility index (Phi) is 6.24. The molecule has 2 aliphatic heterocycles. The quantitative estimate of drug-likeness (QED) is 0.264. The van der Waals surface area contributed by atoms with Gasteiger partial charge in [-0.3, -0.25) is 0 Å². The van der Waals surface area contributed by atoms with Gasteiger partial charge in [0.15, 0.2) is 12.6 Å². The Bertz CT molecular complexity index is 383. The van der Waals surface area contributed by atoms with Gasteiger partial charge in [-0.1, -0.05) is 0 Å². The maximum atomic E-state index is 13.0. The molecule has 0 aliphatic carbocycles. The van der Waals surface area contributed by atoms with Crippen LogP contribution in [0.2, 0.25) is 0 Å². The van der Waals surface area contributed by atoms with Crippen LogP contribution in [0.25, 0.3) is 0 Å². The molecule has 0 amide bonds. The lowest BCUT2D eigenvalue weighted by molar-refractivity contribution is -0.353. The van der Waals surface area contributed by atoms with Crippen LogP contribution in [0.3, 0.4) is 0 Å². The monoisotopic (exact) mass is 343 g/mol. The first-order valence-electron chi connectivity index (χ1n) is 7.03. The minimum absolute atomic E-state index is 0.692. The van der Waals surface area contributed by atoms with Crippen LogP contribution in [0.1, 0.15) is 0 Å². The van der Waals surface area contributed by atoms with Gasteiger partial charge in [0.1, 0.15) is 55.5 Å². The molecule has 136 valence electrons. The van der Waals surface area contributed by atoms with Gasteiger partial charge in [-0.25, -0.2) is 4.39 Å². The summed E-state index contributed by atoms with van der Waals surface area (Å²) in [6, 6.07) is 0. The van der Waals surface area contributed by atoms with Crippen LogP contribution in [0, 0.1) is 0 Å². The zero-order valence-electron chi connectivity index (χ0n) is 11.9. The number of halogens is 1. The van der Waals surface area contributed by atoms with Crippen LogP contribution in [0.5, 0.6) is 0 Å². The van der Waals surface area contributed by atoms with Gasteiger partial charge in [0.05, 0.1) is 6.61 Å². The molecule has 0 spiro atoms. The van der Waals surface area contributed by atoms with Gasteiger partial charge in [0.25, 0.3) is 0 Å². The van der Waals surface area contributed by atoms with Crippen molar-refractivity contribution >= 4 is 0 Å². The number of hydrogen-bond donors (Lipinski definition) is 7. The molecule has 0 saturated carbocycles. The summed E-state index contributed by atoms with van der Waals surface area (Å²) in [6.45, 7) is -1.87. The summed E-state index contributed by atoms with van der Waals surface area (Å²) in [7, 11) is 0. The zero-order chi connectivity index (χ0) is 17.3. The molecule has 10 nitrogen and oxygen atoms in total. The fourth-order valence-corrected chi connectivity index (χ4v) is 2.55. The molecule has 11 heteroatoms. The van der Waals surface area contributed by atoms with E-state index >= 15 is 0 Å². The highest BCUT2D eigenvalue weighted by molar-refractivity contribution is 4.93. The summed E-state index contributed by atoms with van der Waals surface area (Å²) < 4.78 is 28.0. The molecule has 0 bridgehead atoms. The van der Waals surface area contributed by atoms with Crippen LogP contribution in [0.4, 0.5) is 4.39 Å². The standard InChI is InChI=1S/C12H21FO10/c13-1-3-10(7(17)8(18)11(20)21-3)23-12-9(19)6(16)5(15)4(2-14)22-12/h3-12,14-20H,1-2H2/i13-1. The fourth-order valence-electron chi connectivity index (χ4n) is 2.55. The third-order valence-electron chi connectivity index (χ3n) is 3.95. The summed E-state index contributed by atoms with van der Waals surface area (Å²) in [6.07, 6.45) is -16.3. The molecule has 2 fully saturated rings. The third kappa shape index (κ3) is 3.64. The van der Waals surface area contributed by atoms with E-state index in [2.05, 4.69) is 0 Å². The van der Waals surface area contributed by atoms with Crippen LogP contribution < -0.4 is 0 Å². The van der Waals surface area contributed by atoms with E-state index in [9.17, 15) is 35.0 Å². The maximum absolute atomic E-state index is 13.0. The van der Waals surface area contributed by atoms with E-state index in [0.717, 1.165) is 0 Å². The SMILES string of the molecule is OCC1OC(OC2C(C[18F])OC(O)C(O)C2O)C(O)C(O)C1O. The molecule has 0 radical (unpaired) electrons. The van der Waals surface area contributed by atoms with Crippen molar-refractivity contribution < 1.29 is 54.3 Å². The van der Waals surface area contributed by atoms with Gasteiger partial charge in [-0.2, -0.15) is 0 Å². The average molecular weight is 343 g/mol. The predicted molar refractivity (Wildman–Crippen MR) is 67.5 cm³/mol. The number of hydrogen-bond acceptors (Lipinski definition) is 10. The van der Waals surface area contributed by atoms with Gasteiger partial charge in [0, 0.05) is 0 Å². The van der Waals surface area contributed by atoms with E-state index in [1.54, 1.807) is 0 Å². The molecule has 7 N–H and O–H groups in total. The molecule has 23 heavy (non-hydrogen) atoms. The minimum Gasteiger partial charge on any atom is -0.394 e. The highest BCUT2D eigenvalue weighted by Gasteiger charge is 2.50. The smallest absolute Gasteiger partial charge is 0.187 e. The maximum Gasteiger partial charge on any atom is 0.187 e. The van der Waals surface area contributed by atoms with Crippen molar-refractivity contribution in [1.29, 1.82) is 0 Å². The van der Waals surface area contributed by atoms with Crippen molar-refractivity contribution in [2.24, 2.45) is 0 Å². The highest BCUT2D eigenvalue weighted by Crippen LogP contribution is 2.28. The van der Waals surface area contributed by atoms with Crippen LogP contribution in [-0.2, 0) is 14.2 Å². The fraction of sp³-hybridized carbons (Fsp3) is 1.00. The normalized spacial score (nSPS) is 51.7. The summed E-state index contributed by atoms with van der Waals surface area (Å²) in [5.41, 5.74) is 0. The Morgan fingerprint density at radius 1 is 0.783 bits per heavy atom. The van der Waals surface area contributed by atoms with E-state index in [0.29, 0.717) is 0 Å². The molecular weight excluding hydrogens is 322 g/mol. The minimum atomic E-state index is -1.82. The molecule has 2 saturated heterocycles. The molecule has 2 rings (SSSR count). The van der Waals surface area contributed by atoms with Crippen LogP contribution in [-0.4, -0.2) is 110 Å². The first kappa shape index (κ1) is 18.9. The Hall–Kier alpha value is -0.470. The molecule has 0 aromatic rings.